The molecule has 0 heterocycles. The van der Waals surface area contributed by atoms with Crippen LogP contribution in [0.4, 0.5) is 5.69 Å². The highest BCUT2D eigenvalue weighted by Gasteiger charge is 2.12. The second-order valence-electron chi connectivity index (χ2n) is 4.57. The predicted octanol–water partition coefficient (Wildman–Crippen LogP) is 2.37. The predicted molar refractivity (Wildman–Crippen MR) is 81.0 cm³/mol. The van der Waals surface area contributed by atoms with Crippen LogP contribution in [0.1, 0.15) is 21.5 Å². The van der Waals surface area contributed by atoms with Crippen LogP contribution in [0.15, 0.2) is 47.6 Å². The summed E-state index contributed by atoms with van der Waals surface area (Å²) >= 11 is 0. The third-order valence-corrected chi connectivity index (χ3v) is 2.86. The first-order valence-electron chi connectivity index (χ1n) is 6.35. The molecule has 0 saturated carbocycles. The van der Waals surface area contributed by atoms with Gasteiger partial charge in [-0.3, -0.25) is 14.9 Å². The van der Waals surface area contributed by atoms with Gasteiger partial charge in [-0.1, -0.05) is 17.7 Å². The van der Waals surface area contributed by atoms with E-state index in [1.807, 2.05) is 13.0 Å². The molecule has 0 radical (unpaired) electrons. The van der Waals surface area contributed by atoms with Crippen LogP contribution in [0.2, 0.25) is 0 Å². The zero-order valence-corrected chi connectivity index (χ0v) is 11.7. The van der Waals surface area contributed by atoms with E-state index >= 15 is 0 Å². The lowest BCUT2D eigenvalue weighted by molar-refractivity contribution is -0.385. The van der Waals surface area contributed by atoms with Gasteiger partial charge in [0, 0.05) is 11.6 Å². The molecule has 2 rings (SSSR count). The summed E-state index contributed by atoms with van der Waals surface area (Å²) in [5.41, 5.74) is 3.53. The van der Waals surface area contributed by atoms with E-state index in [0.717, 1.165) is 11.8 Å². The van der Waals surface area contributed by atoms with Crippen molar-refractivity contribution in [1.82, 2.24) is 5.43 Å². The second kappa shape index (κ2) is 6.49. The van der Waals surface area contributed by atoms with Crippen molar-refractivity contribution in [3.05, 3.63) is 69.3 Å². The van der Waals surface area contributed by atoms with E-state index in [1.165, 1.54) is 18.2 Å². The van der Waals surface area contributed by atoms with E-state index < -0.39 is 10.8 Å². The lowest BCUT2D eigenvalue weighted by Crippen LogP contribution is -2.17. The van der Waals surface area contributed by atoms with Crippen LogP contribution in [-0.4, -0.2) is 22.2 Å². The van der Waals surface area contributed by atoms with Crippen LogP contribution >= 0.6 is 0 Å². The Bertz CT molecular complexity index is 756. The number of rotatable bonds is 4. The second-order valence-corrected chi connectivity index (χ2v) is 4.57. The Hall–Kier alpha value is -3.22. The number of carbonyl (C=O) groups is 1. The van der Waals surface area contributed by atoms with E-state index in [-0.39, 0.29) is 17.0 Å². The number of aryl methyl sites for hydroxylation is 1. The van der Waals surface area contributed by atoms with E-state index in [2.05, 4.69) is 10.5 Å². The Morgan fingerprint density at radius 1 is 1.32 bits per heavy atom. The fourth-order valence-corrected chi connectivity index (χ4v) is 1.82. The summed E-state index contributed by atoms with van der Waals surface area (Å²) in [5, 5.41) is 23.9. The molecule has 0 fully saturated rings. The van der Waals surface area contributed by atoms with Gasteiger partial charge in [-0.2, -0.15) is 5.10 Å². The molecule has 0 aliphatic heterocycles. The van der Waals surface area contributed by atoms with Gasteiger partial charge in [0.2, 0.25) is 0 Å². The maximum atomic E-state index is 11.9. The van der Waals surface area contributed by atoms with Crippen molar-refractivity contribution < 1.29 is 14.8 Å². The summed E-state index contributed by atoms with van der Waals surface area (Å²) in [6.07, 6.45) is 1.12. The number of amides is 1. The smallest absolute Gasteiger partial charge is 0.278 e. The fraction of sp³-hybridized carbons (Fsp3) is 0.0667. The molecule has 1 amide bonds. The molecular weight excluding hydrogens is 286 g/mol. The summed E-state index contributed by atoms with van der Waals surface area (Å²) in [5.74, 6) is -0.556. The van der Waals surface area contributed by atoms with Gasteiger partial charge < -0.3 is 5.11 Å². The average Bonchev–Trinajstić information content (AvgIpc) is 2.47. The average molecular weight is 299 g/mol. The molecular formula is C15H13N3O4. The Labute approximate surface area is 126 Å². The minimum atomic E-state index is -0.594. The first-order chi connectivity index (χ1) is 10.5. The lowest BCUT2D eigenvalue weighted by Gasteiger charge is -2.01. The first kappa shape index (κ1) is 15.2. The number of nitrogens with one attached hydrogen (secondary N) is 1. The maximum absolute atomic E-state index is 11.9. The summed E-state index contributed by atoms with van der Waals surface area (Å²) < 4.78 is 0. The van der Waals surface area contributed by atoms with Crippen molar-refractivity contribution in [1.29, 1.82) is 0 Å². The first-order valence-corrected chi connectivity index (χ1v) is 6.35. The number of hydrazone groups is 1. The molecule has 112 valence electrons. The number of nitro benzene ring substituents is 1. The monoisotopic (exact) mass is 299 g/mol. The van der Waals surface area contributed by atoms with E-state index in [0.29, 0.717) is 5.56 Å². The lowest BCUT2D eigenvalue weighted by atomic mass is 10.1. The molecule has 0 aliphatic carbocycles. The molecule has 7 heteroatoms. The highest BCUT2D eigenvalue weighted by molar-refractivity contribution is 5.95. The van der Waals surface area contributed by atoms with Gasteiger partial charge in [0.15, 0.2) is 0 Å². The summed E-state index contributed by atoms with van der Waals surface area (Å²) in [4.78, 5) is 22.1. The number of hydrogen-bond donors (Lipinski definition) is 2. The van der Waals surface area contributed by atoms with Crippen LogP contribution in [-0.2, 0) is 0 Å². The molecule has 0 saturated heterocycles. The van der Waals surface area contributed by atoms with Gasteiger partial charge in [-0.25, -0.2) is 5.43 Å². The number of hydrogen-bond acceptors (Lipinski definition) is 5. The van der Waals surface area contributed by atoms with E-state index in [1.54, 1.807) is 18.2 Å². The minimum Gasteiger partial charge on any atom is -0.508 e. The van der Waals surface area contributed by atoms with Gasteiger partial charge in [0.25, 0.3) is 11.6 Å². The number of benzene rings is 2. The minimum absolute atomic E-state index is 0.0922. The number of nitro groups is 1. The fourth-order valence-electron chi connectivity index (χ4n) is 1.82. The summed E-state index contributed by atoms with van der Waals surface area (Å²) in [7, 11) is 0. The molecule has 22 heavy (non-hydrogen) atoms. The molecule has 0 aromatic heterocycles. The van der Waals surface area contributed by atoms with Gasteiger partial charge in [-0.05, 0) is 31.2 Å². The molecule has 2 N–H and O–H groups in total. The third kappa shape index (κ3) is 3.66. The Morgan fingerprint density at radius 3 is 2.77 bits per heavy atom. The molecule has 7 nitrogen and oxygen atoms in total. The van der Waals surface area contributed by atoms with Gasteiger partial charge in [0.05, 0.1) is 16.7 Å². The number of carbonyl (C=O) groups excluding carboxylic acids is 1. The highest BCUT2D eigenvalue weighted by Crippen LogP contribution is 2.21. The van der Waals surface area contributed by atoms with Crippen molar-refractivity contribution in [2.75, 3.05) is 0 Å². The maximum Gasteiger partial charge on any atom is 0.278 e. The molecule has 0 aliphatic rings. The highest BCUT2D eigenvalue weighted by atomic mass is 16.6. The Kier molecular flexibility index (Phi) is 4.47. The van der Waals surface area contributed by atoms with Crippen LogP contribution in [0.5, 0.6) is 5.75 Å². The zero-order valence-electron chi connectivity index (χ0n) is 11.7. The van der Waals surface area contributed by atoms with Crippen molar-refractivity contribution in [2.45, 2.75) is 6.92 Å². The van der Waals surface area contributed by atoms with Crippen LogP contribution in [0.25, 0.3) is 0 Å². The van der Waals surface area contributed by atoms with Crippen molar-refractivity contribution >= 4 is 17.8 Å². The van der Waals surface area contributed by atoms with Gasteiger partial charge in [-0.15, -0.1) is 0 Å². The van der Waals surface area contributed by atoms with Crippen LogP contribution in [0, 0.1) is 17.0 Å². The molecule has 0 spiro atoms. The van der Waals surface area contributed by atoms with Gasteiger partial charge in [0.1, 0.15) is 5.75 Å². The quantitative estimate of drug-likeness (QED) is 0.513. The summed E-state index contributed by atoms with van der Waals surface area (Å²) in [6, 6.07) is 10.5. The Balaban J connectivity index is 2.14. The van der Waals surface area contributed by atoms with Crippen LogP contribution < -0.4 is 5.43 Å². The summed E-state index contributed by atoms with van der Waals surface area (Å²) in [6.45, 7) is 1.86. The molecule has 0 atom stereocenters. The number of phenols is 1. The van der Waals surface area contributed by atoms with Crippen molar-refractivity contribution in [3.63, 3.8) is 0 Å². The zero-order chi connectivity index (χ0) is 16.1. The molecule has 0 bridgehead atoms. The standard InChI is InChI=1S/C15H13N3O4/c1-10-3-2-4-11(7-10)15(20)17-16-9-12-8-13(19)5-6-14(12)18(21)22/h2-9,19H,1H3,(H,17,20)/b16-9+. The largest absolute Gasteiger partial charge is 0.508 e. The molecule has 0 unspecified atom stereocenters. The number of aromatic hydroxyl groups is 1. The van der Waals surface area contributed by atoms with Gasteiger partial charge >= 0.3 is 0 Å². The van der Waals surface area contributed by atoms with E-state index in [9.17, 15) is 20.0 Å². The molecule has 2 aromatic rings. The van der Waals surface area contributed by atoms with Crippen LogP contribution in [0.3, 0.4) is 0 Å². The molecule has 2 aromatic carbocycles. The number of nitrogens with zero attached hydrogens (tertiary/aromatic N) is 2. The van der Waals surface area contributed by atoms with Crippen molar-refractivity contribution in [2.24, 2.45) is 5.10 Å². The Morgan fingerprint density at radius 2 is 2.09 bits per heavy atom. The van der Waals surface area contributed by atoms with Crippen molar-refractivity contribution in [3.8, 4) is 5.75 Å². The SMILES string of the molecule is Cc1cccc(C(=O)N/N=C/c2cc(O)ccc2[N+](=O)[O-])c1. The normalized spacial score (nSPS) is 10.6. The topological polar surface area (TPSA) is 105 Å². The third-order valence-electron chi connectivity index (χ3n) is 2.86. The van der Waals surface area contributed by atoms with E-state index in [4.69, 9.17) is 0 Å². The number of phenolic OH excluding ortho intramolecular Hbond substituents is 1.